The smallest absolute Gasteiger partial charge is 0.253 e. The van der Waals surface area contributed by atoms with E-state index in [-0.39, 0.29) is 18.4 Å². The van der Waals surface area contributed by atoms with Gasteiger partial charge in [0.15, 0.2) is 0 Å². The number of carbonyl (C=O) groups excluding carboxylic acids is 2. The summed E-state index contributed by atoms with van der Waals surface area (Å²) in [6.07, 6.45) is 0. The number of rotatable bonds is 5. The number of aryl methyl sites for hydroxylation is 2. The van der Waals surface area contributed by atoms with Crippen molar-refractivity contribution < 1.29 is 9.59 Å². The quantitative estimate of drug-likeness (QED) is 0.855. The van der Waals surface area contributed by atoms with Gasteiger partial charge in [0.2, 0.25) is 5.91 Å². The number of benzene rings is 2. The van der Waals surface area contributed by atoms with Crippen LogP contribution in [-0.2, 0) is 4.79 Å². The van der Waals surface area contributed by atoms with E-state index >= 15 is 0 Å². The molecule has 132 valence electrons. The monoisotopic (exact) mass is 359 g/mol. The summed E-state index contributed by atoms with van der Waals surface area (Å²) >= 11 is 6.23. The Hall–Kier alpha value is -2.53. The van der Waals surface area contributed by atoms with Crippen molar-refractivity contribution in [3.63, 3.8) is 0 Å². The van der Waals surface area contributed by atoms with E-state index in [9.17, 15) is 9.59 Å². The molecule has 0 fully saturated rings. The molecule has 25 heavy (non-hydrogen) atoms. The summed E-state index contributed by atoms with van der Waals surface area (Å²) in [7, 11) is 3.37. The number of amides is 2. The molecule has 0 saturated carbocycles. The lowest BCUT2D eigenvalue weighted by molar-refractivity contribution is -0.114. The van der Waals surface area contributed by atoms with Gasteiger partial charge in [-0.05, 0) is 49.2 Å². The van der Waals surface area contributed by atoms with Crippen molar-refractivity contribution in [1.29, 1.82) is 0 Å². The minimum atomic E-state index is -0.217. The van der Waals surface area contributed by atoms with Gasteiger partial charge in [-0.2, -0.15) is 0 Å². The van der Waals surface area contributed by atoms with Crippen LogP contribution < -0.4 is 10.6 Å². The second-order valence-electron chi connectivity index (χ2n) is 6.12. The summed E-state index contributed by atoms with van der Waals surface area (Å²) in [4.78, 5) is 25.7. The predicted molar refractivity (Wildman–Crippen MR) is 103 cm³/mol. The molecule has 0 aliphatic rings. The van der Waals surface area contributed by atoms with Crippen molar-refractivity contribution in [3.05, 3.63) is 58.1 Å². The Morgan fingerprint density at radius 3 is 2.48 bits per heavy atom. The van der Waals surface area contributed by atoms with Gasteiger partial charge in [0.05, 0.1) is 17.3 Å². The van der Waals surface area contributed by atoms with Crippen LogP contribution in [0.2, 0.25) is 5.02 Å². The normalized spacial score (nSPS) is 10.3. The van der Waals surface area contributed by atoms with Gasteiger partial charge >= 0.3 is 0 Å². The summed E-state index contributed by atoms with van der Waals surface area (Å²) in [6, 6.07) is 10.7. The minimum absolute atomic E-state index is 0.0788. The Morgan fingerprint density at radius 2 is 1.84 bits per heavy atom. The topological polar surface area (TPSA) is 61.4 Å². The largest absolute Gasteiger partial charge is 0.375 e. The third-order valence-electron chi connectivity index (χ3n) is 3.66. The van der Waals surface area contributed by atoms with E-state index in [2.05, 4.69) is 10.6 Å². The second-order valence-corrected chi connectivity index (χ2v) is 6.53. The first-order chi connectivity index (χ1) is 11.8. The molecule has 0 saturated heterocycles. The van der Waals surface area contributed by atoms with E-state index in [1.54, 1.807) is 38.4 Å². The van der Waals surface area contributed by atoms with Crippen molar-refractivity contribution in [3.8, 4) is 0 Å². The highest BCUT2D eigenvalue weighted by Gasteiger charge is 2.11. The molecule has 0 heterocycles. The van der Waals surface area contributed by atoms with E-state index in [1.807, 2.05) is 26.0 Å². The number of halogens is 1. The molecule has 0 atom stereocenters. The zero-order chi connectivity index (χ0) is 18.6. The molecular formula is C19H22ClN3O2. The highest BCUT2D eigenvalue weighted by Crippen LogP contribution is 2.27. The molecule has 2 aromatic rings. The Balaban J connectivity index is 2.02. The van der Waals surface area contributed by atoms with E-state index in [0.717, 1.165) is 16.8 Å². The molecule has 0 unspecified atom stereocenters. The van der Waals surface area contributed by atoms with Crippen molar-refractivity contribution >= 4 is 34.8 Å². The number of hydrogen-bond acceptors (Lipinski definition) is 3. The third kappa shape index (κ3) is 4.97. The number of hydrogen-bond donors (Lipinski definition) is 2. The molecule has 0 radical (unpaired) electrons. The van der Waals surface area contributed by atoms with Gasteiger partial charge in [0.25, 0.3) is 5.91 Å². The van der Waals surface area contributed by atoms with Crippen LogP contribution in [0.3, 0.4) is 0 Å². The number of carbonyl (C=O) groups is 2. The summed E-state index contributed by atoms with van der Waals surface area (Å²) in [5, 5.41) is 6.43. The fraction of sp³-hybridized carbons (Fsp3) is 0.263. The molecule has 5 nitrogen and oxygen atoms in total. The molecular weight excluding hydrogens is 338 g/mol. The summed E-state index contributed by atoms with van der Waals surface area (Å²) in [5.41, 5.74) is 3.90. The number of nitrogens with zero attached hydrogens (tertiary/aromatic N) is 1. The van der Waals surface area contributed by atoms with Crippen LogP contribution in [0.5, 0.6) is 0 Å². The molecule has 0 aliphatic heterocycles. The molecule has 0 aromatic heterocycles. The molecule has 0 bridgehead atoms. The fourth-order valence-corrected chi connectivity index (χ4v) is 2.89. The van der Waals surface area contributed by atoms with Crippen LogP contribution in [0, 0.1) is 13.8 Å². The van der Waals surface area contributed by atoms with Crippen molar-refractivity contribution in [2.24, 2.45) is 0 Å². The molecule has 2 rings (SSSR count). The molecule has 0 spiro atoms. The first-order valence-electron chi connectivity index (χ1n) is 7.90. The van der Waals surface area contributed by atoms with E-state index < -0.39 is 0 Å². The van der Waals surface area contributed by atoms with Gasteiger partial charge in [-0.15, -0.1) is 0 Å². The maximum Gasteiger partial charge on any atom is 0.253 e. The number of anilines is 2. The van der Waals surface area contributed by atoms with Crippen molar-refractivity contribution in [2.75, 3.05) is 31.3 Å². The first-order valence-corrected chi connectivity index (χ1v) is 8.28. The van der Waals surface area contributed by atoms with Gasteiger partial charge in [0, 0.05) is 25.3 Å². The van der Waals surface area contributed by atoms with E-state index in [4.69, 9.17) is 11.6 Å². The molecule has 6 heteroatoms. The highest BCUT2D eigenvalue weighted by molar-refractivity contribution is 6.33. The maximum atomic E-state index is 12.2. The summed E-state index contributed by atoms with van der Waals surface area (Å²) < 4.78 is 0. The zero-order valence-electron chi connectivity index (χ0n) is 14.8. The van der Waals surface area contributed by atoms with E-state index in [1.165, 1.54) is 4.90 Å². The molecule has 2 N–H and O–H groups in total. The average molecular weight is 360 g/mol. The lowest BCUT2D eigenvalue weighted by atomic mass is 10.1. The van der Waals surface area contributed by atoms with Crippen LogP contribution in [0.1, 0.15) is 21.5 Å². The maximum absolute atomic E-state index is 12.2. The molecule has 2 amide bonds. The third-order valence-corrected chi connectivity index (χ3v) is 3.96. The Kier molecular flexibility index (Phi) is 6.04. The summed E-state index contributed by atoms with van der Waals surface area (Å²) in [5.74, 6) is -0.332. The van der Waals surface area contributed by atoms with Crippen LogP contribution in [-0.4, -0.2) is 37.4 Å². The Morgan fingerprint density at radius 1 is 1.12 bits per heavy atom. The Bertz CT molecular complexity index is 780. The van der Waals surface area contributed by atoms with Gasteiger partial charge in [-0.3, -0.25) is 9.59 Å². The van der Waals surface area contributed by atoms with Gasteiger partial charge in [-0.1, -0.05) is 23.7 Å². The highest BCUT2D eigenvalue weighted by atomic mass is 35.5. The van der Waals surface area contributed by atoms with Crippen LogP contribution in [0.4, 0.5) is 11.4 Å². The number of nitrogens with one attached hydrogen (secondary N) is 2. The standard InChI is InChI=1S/C19H22ClN3O2/c1-12-8-13(2)18(16(20)9-12)21-11-17(24)22-15-7-5-6-14(10-15)19(25)23(3)4/h5-10,21H,11H2,1-4H3,(H,22,24). The Labute approximate surface area is 153 Å². The SMILES string of the molecule is Cc1cc(C)c(NCC(=O)Nc2cccc(C(=O)N(C)C)c2)c(Cl)c1. The van der Waals surface area contributed by atoms with Crippen LogP contribution >= 0.6 is 11.6 Å². The van der Waals surface area contributed by atoms with Crippen molar-refractivity contribution in [2.45, 2.75) is 13.8 Å². The molecule has 2 aromatic carbocycles. The van der Waals surface area contributed by atoms with Crippen LogP contribution in [0.15, 0.2) is 36.4 Å². The lowest BCUT2D eigenvalue weighted by Gasteiger charge is -2.14. The first kappa shape index (κ1) is 18.8. The van der Waals surface area contributed by atoms with Gasteiger partial charge < -0.3 is 15.5 Å². The zero-order valence-corrected chi connectivity index (χ0v) is 15.6. The average Bonchev–Trinajstić information content (AvgIpc) is 2.53. The second kappa shape index (κ2) is 8.03. The molecule has 0 aliphatic carbocycles. The fourth-order valence-electron chi connectivity index (χ4n) is 2.50. The summed E-state index contributed by atoms with van der Waals surface area (Å²) in [6.45, 7) is 3.99. The lowest BCUT2D eigenvalue weighted by Crippen LogP contribution is -2.23. The van der Waals surface area contributed by atoms with Gasteiger partial charge in [0.1, 0.15) is 0 Å². The van der Waals surface area contributed by atoms with E-state index in [0.29, 0.717) is 16.3 Å². The predicted octanol–water partition coefficient (Wildman–Crippen LogP) is 3.71. The minimum Gasteiger partial charge on any atom is -0.375 e. The van der Waals surface area contributed by atoms with Crippen LogP contribution in [0.25, 0.3) is 0 Å². The van der Waals surface area contributed by atoms with Gasteiger partial charge in [-0.25, -0.2) is 0 Å². The van der Waals surface area contributed by atoms with Crippen molar-refractivity contribution in [1.82, 2.24) is 4.90 Å².